The van der Waals surface area contributed by atoms with Gasteiger partial charge in [0.15, 0.2) is 6.61 Å². The smallest absolute Gasteiger partial charge is 0.343 e. The summed E-state index contributed by atoms with van der Waals surface area (Å²) in [5, 5.41) is 3.42. The fourth-order valence-electron chi connectivity index (χ4n) is 1.68. The molecule has 2 rings (SSSR count). The molecule has 1 aliphatic rings. The molecule has 0 aromatic heterocycles. The molecule has 19 heavy (non-hydrogen) atoms. The minimum Gasteiger partial charge on any atom is -0.497 e. The van der Waals surface area contributed by atoms with Crippen molar-refractivity contribution in [2.24, 2.45) is 0 Å². The summed E-state index contributed by atoms with van der Waals surface area (Å²) in [6.07, 6.45) is 2.46. The molecule has 0 atom stereocenters. The van der Waals surface area contributed by atoms with Crippen molar-refractivity contribution in [2.45, 2.75) is 25.4 Å². The van der Waals surface area contributed by atoms with Crippen LogP contribution >= 0.6 is 0 Å². The van der Waals surface area contributed by atoms with E-state index in [0.29, 0.717) is 17.5 Å². The highest BCUT2D eigenvalue weighted by Crippen LogP contribution is 2.26. The van der Waals surface area contributed by atoms with Crippen molar-refractivity contribution in [3.8, 4) is 11.5 Å². The Morgan fingerprint density at radius 3 is 2.79 bits per heavy atom. The highest BCUT2D eigenvalue weighted by molar-refractivity contribution is 5.71. The lowest BCUT2D eigenvalue weighted by atomic mass is 10.2. The van der Waals surface area contributed by atoms with Crippen LogP contribution in [0.15, 0.2) is 18.2 Å². The fraction of sp³-hybridized carbons (Fsp3) is 0.500. The van der Waals surface area contributed by atoms with Gasteiger partial charge in [-0.05, 0) is 18.9 Å². The van der Waals surface area contributed by atoms with Crippen molar-refractivity contribution in [3.05, 3.63) is 23.8 Å². The van der Waals surface area contributed by atoms with E-state index in [-0.39, 0.29) is 6.61 Å². The second kappa shape index (κ2) is 6.43. The summed E-state index contributed by atoms with van der Waals surface area (Å²) in [7, 11) is 2.94. The Kier molecular flexibility index (Phi) is 4.63. The van der Waals surface area contributed by atoms with Crippen LogP contribution in [-0.4, -0.2) is 32.8 Å². The topological polar surface area (TPSA) is 56.8 Å². The molecular weight excluding hydrogens is 246 g/mol. The van der Waals surface area contributed by atoms with Crippen LogP contribution in [0.2, 0.25) is 0 Å². The first-order valence-corrected chi connectivity index (χ1v) is 6.33. The van der Waals surface area contributed by atoms with Gasteiger partial charge in [-0.1, -0.05) is 6.07 Å². The summed E-state index contributed by atoms with van der Waals surface area (Å²) in [5.41, 5.74) is 1.01. The molecule has 0 bridgehead atoms. The quantitative estimate of drug-likeness (QED) is 0.757. The summed E-state index contributed by atoms with van der Waals surface area (Å²) in [5.74, 6) is 0.955. The molecule has 1 aromatic carbocycles. The largest absolute Gasteiger partial charge is 0.497 e. The second-order valence-electron chi connectivity index (χ2n) is 4.49. The van der Waals surface area contributed by atoms with E-state index in [4.69, 9.17) is 9.47 Å². The number of hydrogen-bond donors (Lipinski definition) is 1. The van der Waals surface area contributed by atoms with E-state index in [1.165, 1.54) is 20.0 Å². The van der Waals surface area contributed by atoms with Crippen molar-refractivity contribution >= 4 is 5.97 Å². The number of ether oxygens (including phenoxy) is 3. The Morgan fingerprint density at radius 1 is 1.37 bits per heavy atom. The minimum absolute atomic E-state index is 0.0971. The van der Waals surface area contributed by atoms with Crippen molar-refractivity contribution in [1.29, 1.82) is 0 Å². The Balaban J connectivity index is 2.03. The van der Waals surface area contributed by atoms with Gasteiger partial charge in [-0.2, -0.15) is 0 Å². The average molecular weight is 265 g/mol. The molecule has 0 spiro atoms. The number of carbonyl (C=O) groups is 1. The zero-order valence-electron chi connectivity index (χ0n) is 11.3. The van der Waals surface area contributed by atoms with E-state index in [1.54, 1.807) is 13.2 Å². The van der Waals surface area contributed by atoms with Crippen LogP contribution in [0.3, 0.4) is 0 Å². The van der Waals surface area contributed by atoms with Gasteiger partial charge in [-0.3, -0.25) is 0 Å². The Hall–Kier alpha value is -1.75. The van der Waals surface area contributed by atoms with Crippen molar-refractivity contribution < 1.29 is 19.0 Å². The third-order valence-electron chi connectivity index (χ3n) is 3.01. The molecule has 104 valence electrons. The van der Waals surface area contributed by atoms with Crippen LogP contribution < -0.4 is 14.8 Å². The predicted octanol–water partition coefficient (Wildman–Crippen LogP) is 1.50. The molecule has 5 heteroatoms. The third-order valence-corrected chi connectivity index (χ3v) is 3.01. The zero-order valence-corrected chi connectivity index (χ0v) is 11.3. The second-order valence-corrected chi connectivity index (χ2v) is 4.49. The number of methoxy groups -OCH3 is 2. The maximum absolute atomic E-state index is 11.1. The molecule has 1 fully saturated rings. The van der Waals surface area contributed by atoms with Gasteiger partial charge in [-0.15, -0.1) is 0 Å². The number of benzene rings is 1. The predicted molar refractivity (Wildman–Crippen MR) is 70.4 cm³/mol. The highest BCUT2D eigenvalue weighted by atomic mass is 16.6. The third kappa shape index (κ3) is 4.13. The monoisotopic (exact) mass is 265 g/mol. The van der Waals surface area contributed by atoms with Gasteiger partial charge in [0.05, 0.1) is 14.2 Å². The summed E-state index contributed by atoms with van der Waals surface area (Å²) in [6, 6.07) is 6.23. The molecule has 0 radical (unpaired) electrons. The van der Waals surface area contributed by atoms with Gasteiger partial charge in [-0.25, -0.2) is 4.79 Å². The first-order valence-electron chi connectivity index (χ1n) is 6.33. The average Bonchev–Trinajstić information content (AvgIpc) is 3.26. The van der Waals surface area contributed by atoms with E-state index in [0.717, 1.165) is 12.1 Å². The molecule has 1 saturated carbocycles. The zero-order chi connectivity index (χ0) is 13.7. The SMILES string of the molecule is COC(=O)COc1cc(OC)ccc1CNC1CC1. The van der Waals surface area contributed by atoms with Crippen LogP contribution in [-0.2, 0) is 16.1 Å². The van der Waals surface area contributed by atoms with Crippen LogP contribution in [0.4, 0.5) is 0 Å². The number of hydrogen-bond acceptors (Lipinski definition) is 5. The molecule has 0 amide bonds. The molecule has 1 aliphatic carbocycles. The van der Waals surface area contributed by atoms with Crippen molar-refractivity contribution in [2.75, 3.05) is 20.8 Å². The lowest BCUT2D eigenvalue weighted by Crippen LogP contribution is -2.18. The van der Waals surface area contributed by atoms with E-state index < -0.39 is 5.97 Å². The van der Waals surface area contributed by atoms with Crippen LogP contribution in [0.5, 0.6) is 11.5 Å². The lowest BCUT2D eigenvalue weighted by molar-refractivity contribution is -0.142. The molecule has 5 nitrogen and oxygen atoms in total. The van der Waals surface area contributed by atoms with Crippen molar-refractivity contribution in [3.63, 3.8) is 0 Å². The van der Waals surface area contributed by atoms with E-state index in [1.807, 2.05) is 12.1 Å². The van der Waals surface area contributed by atoms with E-state index in [2.05, 4.69) is 10.1 Å². The molecule has 0 aliphatic heterocycles. The van der Waals surface area contributed by atoms with Gasteiger partial charge in [0, 0.05) is 24.2 Å². The Labute approximate surface area is 112 Å². The summed E-state index contributed by atoms with van der Waals surface area (Å²) >= 11 is 0. The Morgan fingerprint density at radius 2 is 2.16 bits per heavy atom. The van der Waals surface area contributed by atoms with Crippen LogP contribution in [0.25, 0.3) is 0 Å². The standard InChI is InChI=1S/C14H19NO4/c1-17-12-6-3-10(8-15-11-4-5-11)13(7-12)19-9-14(16)18-2/h3,6-7,11,15H,4-5,8-9H2,1-2H3. The molecule has 0 saturated heterocycles. The van der Waals surface area contributed by atoms with Gasteiger partial charge in [0.1, 0.15) is 11.5 Å². The molecule has 0 unspecified atom stereocenters. The van der Waals surface area contributed by atoms with E-state index >= 15 is 0 Å². The van der Waals surface area contributed by atoms with Gasteiger partial charge in [0.25, 0.3) is 0 Å². The number of rotatable bonds is 7. The van der Waals surface area contributed by atoms with Gasteiger partial charge < -0.3 is 19.5 Å². The van der Waals surface area contributed by atoms with Gasteiger partial charge in [0.2, 0.25) is 0 Å². The first kappa shape index (κ1) is 13.7. The van der Waals surface area contributed by atoms with Crippen molar-refractivity contribution in [1.82, 2.24) is 5.32 Å². The number of carbonyl (C=O) groups excluding carboxylic acids is 1. The summed E-state index contributed by atoms with van der Waals surface area (Å²) in [6.45, 7) is 0.630. The lowest BCUT2D eigenvalue weighted by Gasteiger charge is -2.13. The highest BCUT2D eigenvalue weighted by Gasteiger charge is 2.20. The minimum atomic E-state index is -0.399. The maximum atomic E-state index is 11.1. The van der Waals surface area contributed by atoms with Crippen LogP contribution in [0, 0.1) is 0 Å². The molecule has 1 N–H and O–H groups in total. The Bertz CT molecular complexity index is 443. The number of nitrogens with one attached hydrogen (secondary N) is 1. The summed E-state index contributed by atoms with van der Waals surface area (Å²) < 4.78 is 15.2. The van der Waals surface area contributed by atoms with Crippen LogP contribution in [0.1, 0.15) is 18.4 Å². The maximum Gasteiger partial charge on any atom is 0.343 e. The fourth-order valence-corrected chi connectivity index (χ4v) is 1.68. The molecule has 1 aromatic rings. The van der Waals surface area contributed by atoms with Gasteiger partial charge >= 0.3 is 5.97 Å². The van der Waals surface area contributed by atoms with E-state index in [9.17, 15) is 4.79 Å². The summed E-state index contributed by atoms with van der Waals surface area (Å²) in [4.78, 5) is 11.1. The molecule has 0 heterocycles. The normalized spacial score (nSPS) is 14.0. The molecular formula is C14H19NO4. The number of esters is 1. The first-order chi connectivity index (χ1) is 9.22.